The number of likely N-dealkylation sites (N-methyl/N-ethyl adjacent to an activating group) is 1. The molecule has 1 aromatic rings. The molecule has 1 aliphatic heterocycles. The number of rotatable bonds is 2. The first kappa shape index (κ1) is 17.1. The summed E-state index contributed by atoms with van der Waals surface area (Å²) in [6, 6.07) is 11.2. The van der Waals surface area contributed by atoms with Gasteiger partial charge < -0.3 is 4.74 Å². The maximum atomic E-state index is 5.48. The Bertz CT molecular complexity index is 274. The van der Waals surface area contributed by atoms with Crippen LogP contribution in [0.15, 0.2) is 30.3 Å². The van der Waals surface area contributed by atoms with Crippen LogP contribution in [0.25, 0.3) is 0 Å². The Hall–Kier alpha value is -0.860. The molecular formula is C16H29NO. The lowest BCUT2D eigenvalue weighted by molar-refractivity contribution is 0.00624. The predicted octanol–water partition coefficient (Wildman–Crippen LogP) is 3.61. The molecule has 1 aromatic carbocycles. The molecule has 2 rings (SSSR count). The standard InChI is InChI=1S/C12H17NO.2C2H6/c1-13-7-8-14-10-12(13)9-11-5-3-2-4-6-11;2*1-2/h2-6,12H,7-10H2,1H3;2*1-2H3. The molecule has 0 N–H and O–H groups in total. The lowest BCUT2D eigenvalue weighted by Gasteiger charge is -2.32. The summed E-state index contributed by atoms with van der Waals surface area (Å²) < 4.78 is 5.48. The van der Waals surface area contributed by atoms with Gasteiger partial charge in [0.05, 0.1) is 13.2 Å². The van der Waals surface area contributed by atoms with E-state index in [0.29, 0.717) is 6.04 Å². The van der Waals surface area contributed by atoms with E-state index in [-0.39, 0.29) is 0 Å². The molecule has 1 unspecified atom stereocenters. The average molecular weight is 251 g/mol. The summed E-state index contributed by atoms with van der Waals surface area (Å²) in [5.41, 5.74) is 1.40. The van der Waals surface area contributed by atoms with Gasteiger partial charge in [-0.3, -0.25) is 4.90 Å². The van der Waals surface area contributed by atoms with E-state index in [1.807, 2.05) is 27.7 Å². The van der Waals surface area contributed by atoms with Gasteiger partial charge in [0.25, 0.3) is 0 Å². The molecule has 1 atom stereocenters. The number of ether oxygens (including phenoxy) is 1. The van der Waals surface area contributed by atoms with Crippen LogP contribution in [0.5, 0.6) is 0 Å². The Morgan fingerprint density at radius 1 is 1.11 bits per heavy atom. The van der Waals surface area contributed by atoms with Gasteiger partial charge in [0, 0.05) is 12.6 Å². The normalized spacial score (nSPS) is 19.1. The summed E-state index contributed by atoms with van der Waals surface area (Å²) in [4.78, 5) is 2.39. The van der Waals surface area contributed by atoms with Gasteiger partial charge in [-0.05, 0) is 19.0 Å². The number of morpholine rings is 1. The third-order valence-electron chi connectivity index (χ3n) is 2.84. The van der Waals surface area contributed by atoms with Gasteiger partial charge >= 0.3 is 0 Å². The Kier molecular flexibility index (Phi) is 10.7. The first-order chi connectivity index (χ1) is 8.86. The SMILES string of the molecule is CC.CC.CN1CCOCC1Cc1ccccc1. The smallest absolute Gasteiger partial charge is 0.0625 e. The molecule has 2 heteroatoms. The maximum Gasteiger partial charge on any atom is 0.0625 e. The van der Waals surface area contributed by atoms with Crippen LogP contribution in [0.1, 0.15) is 33.3 Å². The Morgan fingerprint density at radius 3 is 2.28 bits per heavy atom. The van der Waals surface area contributed by atoms with Gasteiger partial charge in [-0.25, -0.2) is 0 Å². The Labute approximate surface area is 113 Å². The fourth-order valence-corrected chi connectivity index (χ4v) is 1.84. The number of nitrogens with zero attached hydrogens (tertiary/aromatic N) is 1. The third kappa shape index (κ3) is 6.18. The zero-order chi connectivity index (χ0) is 13.8. The quantitative estimate of drug-likeness (QED) is 0.796. The van der Waals surface area contributed by atoms with Crippen molar-refractivity contribution >= 4 is 0 Å². The van der Waals surface area contributed by atoms with E-state index in [9.17, 15) is 0 Å². The van der Waals surface area contributed by atoms with Crippen molar-refractivity contribution in [1.82, 2.24) is 4.90 Å². The second-order valence-corrected chi connectivity index (χ2v) is 3.90. The van der Waals surface area contributed by atoms with Crippen molar-refractivity contribution in [1.29, 1.82) is 0 Å². The molecule has 2 nitrogen and oxygen atoms in total. The second kappa shape index (κ2) is 11.2. The molecule has 0 aliphatic carbocycles. The van der Waals surface area contributed by atoms with Crippen LogP contribution >= 0.6 is 0 Å². The van der Waals surface area contributed by atoms with Crippen molar-refractivity contribution in [2.24, 2.45) is 0 Å². The molecule has 1 saturated heterocycles. The minimum atomic E-state index is 0.547. The summed E-state index contributed by atoms with van der Waals surface area (Å²) >= 11 is 0. The van der Waals surface area contributed by atoms with E-state index in [1.54, 1.807) is 0 Å². The summed E-state index contributed by atoms with van der Waals surface area (Å²) in [6.07, 6.45) is 1.09. The zero-order valence-electron chi connectivity index (χ0n) is 12.6. The first-order valence-corrected chi connectivity index (χ1v) is 7.18. The second-order valence-electron chi connectivity index (χ2n) is 3.90. The van der Waals surface area contributed by atoms with E-state index in [0.717, 1.165) is 26.2 Å². The molecular weight excluding hydrogens is 222 g/mol. The topological polar surface area (TPSA) is 12.5 Å². The van der Waals surface area contributed by atoms with Gasteiger partial charge in [-0.15, -0.1) is 0 Å². The van der Waals surface area contributed by atoms with Crippen LogP contribution in [0.3, 0.4) is 0 Å². The number of benzene rings is 1. The molecule has 104 valence electrons. The van der Waals surface area contributed by atoms with Crippen molar-refractivity contribution in [3.63, 3.8) is 0 Å². The molecule has 18 heavy (non-hydrogen) atoms. The summed E-state index contributed by atoms with van der Waals surface area (Å²) in [5.74, 6) is 0. The maximum absolute atomic E-state index is 5.48. The minimum Gasteiger partial charge on any atom is -0.378 e. The van der Waals surface area contributed by atoms with Crippen LogP contribution in [0.4, 0.5) is 0 Å². The highest BCUT2D eigenvalue weighted by Crippen LogP contribution is 2.10. The fourth-order valence-electron chi connectivity index (χ4n) is 1.84. The highest BCUT2D eigenvalue weighted by atomic mass is 16.5. The predicted molar refractivity (Wildman–Crippen MR) is 80.1 cm³/mol. The summed E-state index contributed by atoms with van der Waals surface area (Å²) in [5, 5.41) is 0. The van der Waals surface area contributed by atoms with Crippen molar-refractivity contribution in [2.45, 2.75) is 40.2 Å². The zero-order valence-corrected chi connectivity index (χ0v) is 12.6. The van der Waals surface area contributed by atoms with Crippen molar-refractivity contribution in [2.75, 3.05) is 26.8 Å². The average Bonchev–Trinajstić information content (AvgIpc) is 2.47. The van der Waals surface area contributed by atoms with Gasteiger partial charge in [-0.2, -0.15) is 0 Å². The van der Waals surface area contributed by atoms with Crippen LogP contribution in [-0.2, 0) is 11.2 Å². The van der Waals surface area contributed by atoms with Crippen molar-refractivity contribution in [3.8, 4) is 0 Å². The fraction of sp³-hybridized carbons (Fsp3) is 0.625. The van der Waals surface area contributed by atoms with E-state index < -0.39 is 0 Å². The molecule has 0 amide bonds. The van der Waals surface area contributed by atoms with Crippen LogP contribution in [0.2, 0.25) is 0 Å². The third-order valence-corrected chi connectivity index (χ3v) is 2.84. The molecule has 0 bridgehead atoms. The van der Waals surface area contributed by atoms with E-state index in [1.165, 1.54) is 5.56 Å². The molecule has 0 radical (unpaired) electrons. The van der Waals surface area contributed by atoms with Crippen molar-refractivity contribution in [3.05, 3.63) is 35.9 Å². The summed E-state index contributed by atoms with van der Waals surface area (Å²) in [7, 11) is 2.18. The molecule has 1 aliphatic rings. The number of hydrogen-bond acceptors (Lipinski definition) is 2. The molecule has 0 spiro atoms. The molecule has 1 fully saturated rings. The first-order valence-electron chi connectivity index (χ1n) is 7.18. The van der Waals surface area contributed by atoms with Gasteiger partial charge in [0.2, 0.25) is 0 Å². The monoisotopic (exact) mass is 251 g/mol. The van der Waals surface area contributed by atoms with Crippen LogP contribution in [0, 0.1) is 0 Å². The highest BCUT2D eigenvalue weighted by Gasteiger charge is 2.19. The molecule has 0 saturated carbocycles. The van der Waals surface area contributed by atoms with Gasteiger partial charge in [0.1, 0.15) is 0 Å². The largest absolute Gasteiger partial charge is 0.378 e. The van der Waals surface area contributed by atoms with E-state index in [4.69, 9.17) is 4.74 Å². The Balaban J connectivity index is 0.000000659. The summed E-state index contributed by atoms with van der Waals surface area (Å²) in [6.45, 7) is 10.8. The van der Waals surface area contributed by atoms with E-state index >= 15 is 0 Å². The highest BCUT2D eigenvalue weighted by molar-refractivity contribution is 5.16. The van der Waals surface area contributed by atoms with Crippen molar-refractivity contribution < 1.29 is 4.74 Å². The lowest BCUT2D eigenvalue weighted by Crippen LogP contribution is -2.43. The molecule has 0 aromatic heterocycles. The Morgan fingerprint density at radius 2 is 1.72 bits per heavy atom. The molecule has 1 heterocycles. The number of hydrogen-bond donors (Lipinski definition) is 0. The van der Waals surface area contributed by atoms with Gasteiger partial charge in [-0.1, -0.05) is 58.0 Å². The van der Waals surface area contributed by atoms with Gasteiger partial charge in [0.15, 0.2) is 0 Å². The minimum absolute atomic E-state index is 0.547. The lowest BCUT2D eigenvalue weighted by atomic mass is 10.1. The van der Waals surface area contributed by atoms with E-state index in [2.05, 4.69) is 42.3 Å². The van der Waals surface area contributed by atoms with Crippen LogP contribution < -0.4 is 0 Å². The van der Waals surface area contributed by atoms with Crippen LogP contribution in [-0.4, -0.2) is 37.7 Å².